The van der Waals surface area contributed by atoms with E-state index in [2.05, 4.69) is 30.3 Å². The minimum atomic E-state index is -5.02. The Morgan fingerprint density at radius 1 is 1.15 bits per heavy atom. The van der Waals surface area contributed by atoms with Crippen LogP contribution in [0.4, 0.5) is 35.0 Å². The SMILES string of the molecule is CC[C@H](F)CNc1ncc(-c2ccc(N3CCN(C)CC3=O)cn2)c(NC2CCC(OC(=O)C(F)(F)F)CC2)n1. The zero-order valence-corrected chi connectivity index (χ0v) is 22.4. The molecule has 14 heteroatoms. The average molecular weight is 568 g/mol. The third-order valence-electron chi connectivity index (χ3n) is 6.98. The first-order valence-corrected chi connectivity index (χ1v) is 13.3. The van der Waals surface area contributed by atoms with Crippen LogP contribution in [0.2, 0.25) is 0 Å². The fraction of sp³-hybridized carbons (Fsp3) is 0.577. The van der Waals surface area contributed by atoms with Crippen LogP contribution in [-0.4, -0.2) is 89.4 Å². The Labute approximate surface area is 229 Å². The Kier molecular flexibility index (Phi) is 9.38. The van der Waals surface area contributed by atoms with Crippen molar-refractivity contribution in [1.29, 1.82) is 0 Å². The summed E-state index contributed by atoms with van der Waals surface area (Å²) in [6.07, 6.45) is -1.97. The maximum atomic E-state index is 13.8. The molecule has 40 heavy (non-hydrogen) atoms. The van der Waals surface area contributed by atoms with Crippen molar-refractivity contribution < 1.29 is 31.9 Å². The van der Waals surface area contributed by atoms with E-state index in [-0.39, 0.29) is 37.3 Å². The van der Waals surface area contributed by atoms with E-state index >= 15 is 0 Å². The number of amides is 1. The van der Waals surface area contributed by atoms with E-state index in [1.54, 1.807) is 36.4 Å². The number of rotatable bonds is 9. The Bertz CT molecular complexity index is 1170. The van der Waals surface area contributed by atoms with E-state index in [4.69, 9.17) is 0 Å². The summed E-state index contributed by atoms with van der Waals surface area (Å²) in [6.45, 7) is 3.40. The van der Waals surface area contributed by atoms with E-state index in [0.717, 1.165) is 6.54 Å². The highest BCUT2D eigenvalue weighted by molar-refractivity contribution is 5.95. The van der Waals surface area contributed by atoms with Crippen LogP contribution in [0.1, 0.15) is 39.0 Å². The van der Waals surface area contributed by atoms with Crippen molar-refractivity contribution in [2.24, 2.45) is 0 Å². The normalized spacial score (nSPS) is 21.1. The number of carbonyl (C=O) groups is 2. The Morgan fingerprint density at radius 3 is 2.52 bits per heavy atom. The number of esters is 1. The molecule has 0 radical (unpaired) electrons. The van der Waals surface area contributed by atoms with Gasteiger partial charge in [-0.2, -0.15) is 18.2 Å². The standard InChI is InChI=1S/C26H33F4N7O3/c1-3-16(27)12-32-25-33-14-20(21-9-6-18(13-31-21)37-11-10-36(2)15-22(37)38)23(35-25)34-17-4-7-19(8-5-17)40-24(39)26(28,29)30/h6,9,13-14,16-17,19H,3-5,7-8,10-12,15H2,1-2H3,(H2,32,33,34,35)/t16-,17?,19?/m0/s1. The Hall–Kier alpha value is -3.55. The highest BCUT2D eigenvalue weighted by Crippen LogP contribution is 2.31. The van der Waals surface area contributed by atoms with Gasteiger partial charge in [-0.05, 0) is 51.3 Å². The van der Waals surface area contributed by atoms with E-state index in [1.165, 1.54) is 0 Å². The van der Waals surface area contributed by atoms with Gasteiger partial charge in [-0.25, -0.2) is 14.2 Å². The number of alkyl halides is 4. The summed E-state index contributed by atoms with van der Waals surface area (Å²) in [5.41, 5.74) is 1.79. The van der Waals surface area contributed by atoms with Gasteiger partial charge >= 0.3 is 12.1 Å². The number of carbonyl (C=O) groups excluding carboxylic acids is 2. The lowest BCUT2D eigenvalue weighted by Gasteiger charge is -2.32. The van der Waals surface area contributed by atoms with Gasteiger partial charge in [0.05, 0.1) is 29.7 Å². The van der Waals surface area contributed by atoms with Gasteiger partial charge < -0.3 is 20.3 Å². The number of hydrogen-bond acceptors (Lipinski definition) is 9. The molecule has 1 saturated carbocycles. The minimum absolute atomic E-state index is 0.0146. The molecule has 0 aromatic carbocycles. The van der Waals surface area contributed by atoms with Crippen LogP contribution in [0, 0.1) is 0 Å². The second-order valence-electron chi connectivity index (χ2n) is 10.0. The van der Waals surface area contributed by atoms with Crippen LogP contribution >= 0.6 is 0 Å². The summed E-state index contributed by atoms with van der Waals surface area (Å²) in [7, 11) is 1.89. The number of ether oxygens (including phenoxy) is 1. The van der Waals surface area contributed by atoms with Crippen LogP contribution < -0.4 is 15.5 Å². The molecule has 0 bridgehead atoms. The first-order chi connectivity index (χ1) is 19.0. The number of nitrogens with zero attached hydrogens (tertiary/aromatic N) is 5. The highest BCUT2D eigenvalue weighted by Gasteiger charge is 2.42. The average Bonchev–Trinajstić information content (AvgIpc) is 2.92. The highest BCUT2D eigenvalue weighted by atomic mass is 19.4. The molecule has 2 aliphatic rings. The Morgan fingerprint density at radius 2 is 1.90 bits per heavy atom. The van der Waals surface area contributed by atoms with Gasteiger partial charge in [-0.1, -0.05) is 6.92 Å². The topological polar surface area (TPSA) is 113 Å². The van der Waals surface area contributed by atoms with Crippen molar-refractivity contribution in [2.75, 3.05) is 48.8 Å². The molecule has 1 amide bonds. The van der Waals surface area contributed by atoms with E-state index in [9.17, 15) is 27.2 Å². The van der Waals surface area contributed by atoms with Crippen LogP contribution in [0.25, 0.3) is 11.3 Å². The molecule has 1 aliphatic heterocycles. The molecule has 4 rings (SSSR count). The van der Waals surface area contributed by atoms with Gasteiger partial charge in [0, 0.05) is 31.9 Å². The molecule has 1 aliphatic carbocycles. The van der Waals surface area contributed by atoms with Crippen molar-refractivity contribution in [1.82, 2.24) is 19.9 Å². The summed E-state index contributed by atoms with van der Waals surface area (Å²) in [5, 5.41) is 6.21. The summed E-state index contributed by atoms with van der Waals surface area (Å²) in [5.74, 6) is -1.55. The number of pyridine rings is 1. The van der Waals surface area contributed by atoms with Gasteiger partial charge in [-0.3, -0.25) is 14.7 Å². The van der Waals surface area contributed by atoms with Gasteiger partial charge in [0.2, 0.25) is 11.9 Å². The van der Waals surface area contributed by atoms with Crippen molar-refractivity contribution in [3.05, 3.63) is 24.5 Å². The van der Waals surface area contributed by atoms with Crippen LogP contribution in [0.3, 0.4) is 0 Å². The second-order valence-corrected chi connectivity index (χ2v) is 10.0. The number of aromatic nitrogens is 3. The summed E-state index contributed by atoms with van der Waals surface area (Å²) in [6, 6.07) is 3.41. The number of piperazine rings is 1. The smallest absolute Gasteiger partial charge is 0.456 e. The van der Waals surface area contributed by atoms with Gasteiger partial charge in [0.25, 0.3) is 0 Å². The third-order valence-corrected chi connectivity index (χ3v) is 6.98. The first kappa shape index (κ1) is 29.4. The van der Waals surface area contributed by atoms with Gasteiger partial charge in [-0.15, -0.1) is 0 Å². The summed E-state index contributed by atoms with van der Waals surface area (Å²) < 4.78 is 56.1. The number of nitrogens with one attached hydrogen (secondary N) is 2. The quantitative estimate of drug-likeness (QED) is 0.345. The molecule has 2 aromatic rings. The maximum absolute atomic E-state index is 13.8. The zero-order valence-electron chi connectivity index (χ0n) is 22.4. The van der Waals surface area contributed by atoms with Crippen molar-refractivity contribution in [2.45, 2.75) is 63.5 Å². The fourth-order valence-electron chi connectivity index (χ4n) is 4.62. The molecule has 0 spiro atoms. The largest absolute Gasteiger partial charge is 0.490 e. The molecule has 2 aromatic heterocycles. The molecule has 2 N–H and O–H groups in total. The van der Waals surface area contributed by atoms with Crippen LogP contribution in [0.15, 0.2) is 24.5 Å². The number of anilines is 3. The number of likely N-dealkylation sites (N-methyl/N-ethyl adjacent to an activating group) is 1. The van der Waals surface area contributed by atoms with Gasteiger partial charge in [0.15, 0.2) is 0 Å². The summed E-state index contributed by atoms with van der Waals surface area (Å²) in [4.78, 5) is 40.7. The monoisotopic (exact) mass is 567 g/mol. The molecule has 218 valence electrons. The van der Waals surface area contributed by atoms with E-state index in [1.807, 2.05) is 11.9 Å². The van der Waals surface area contributed by atoms with Crippen LogP contribution in [-0.2, 0) is 14.3 Å². The molecular weight excluding hydrogens is 534 g/mol. The number of halogens is 4. The van der Waals surface area contributed by atoms with E-state index < -0.39 is 24.4 Å². The molecule has 2 fully saturated rings. The molecular formula is C26H33F4N7O3. The maximum Gasteiger partial charge on any atom is 0.490 e. The fourth-order valence-corrected chi connectivity index (χ4v) is 4.62. The molecule has 0 unspecified atom stereocenters. The Balaban J connectivity index is 1.49. The lowest BCUT2D eigenvalue weighted by Crippen LogP contribution is -2.48. The van der Waals surface area contributed by atoms with Crippen LogP contribution in [0.5, 0.6) is 0 Å². The summed E-state index contributed by atoms with van der Waals surface area (Å²) >= 11 is 0. The predicted molar refractivity (Wildman–Crippen MR) is 141 cm³/mol. The molecule has 3 heterocycles. The van der Waals surface area contributed by atoms with Gasteiger partial charge in [0.1, 0.15) is 18.1 Å². The second kappa shape index (κ2) is 12.7. The lowest BCUT2D eigenvalue weighted by molar-refractivity contribution is -0.206. The first-order valence-electron chi connectivity index (χ1n) is 13.3. The van der Waals surface area contributed by atoms with Crippen molar-refractivity contribution in [3.8, 4) is 11.3 Å². The predicted octanol–water partition coefficient (Wildman–Crippen LogP) is 3.81. The minimum Gasteiger partial charge on any atom is -0.456 e. The molecule has 1 atom stereocenters. The lowest BCUT2D eigenvalue weighted by atomic mass is 9.92. The number of hydrogen-bond donors (Lipinski definition) is 2. The van der Waals surface area contributed by atoms with E-state index in [0.29, 0.717) is 55.1 Å². The molecule has 1 saturated heterocycles. The van der Waals surface area contributed by atoms with Crippen molar-refractivity contribution >= 4 is 29.3 Å². The third kappa shape index (κ3) is 7.55. The molecule has 10 nitrogen and oxygen atoms in total. The van der Waals surface area contributed by atoms with Crippen molar-refractivity contribution in [3.63, 3.8) is 0 Å². The zero-order chi connectivity index (χ0) is 28.9.